The van der Waals surface area contributed by atoms with Crippen LogP contribution in [-0.4, -0.2) is 31.9 Å². The SMILES string of the molecule is CCCC[Si](OC(O)C1OC1C)(c1ccccc1)c1ccccc1. The molecule has 1 saturated heterocycles. The number of aliphatic hydroxyl groups excluding tert-OH is 1. The van der Waals surface area contributed by atoms with Crippen LogP contribution in [0, 0.1) is 0 Å². The topological polar surface area (TPSA) is 42.0 Å². The minimum Gasteiger partial charge on any atom is -0.381 e. The number of ether oxygens (including phenoxy) is 1. The van der Waals surface area contributed by atoms with Gasteiger partial charge in [0.2, 0.25) is 0 Å². The number of unbranched alkanes of at least 4 members (excludes halogenated alkanes) is 1. The highest BCUT2D eigenvalue weighted by molar-refractivity contribution is 6.97. The monoisotopic (exact) mass is 342 g/mol. The van der Waals surface area contributed by atoms with E-state index >= 15 is 0 Å². The first-order valence-corrected chi connectivity index (χ1v) is 10.9. The molecule has 1 aliphatic rings. The lowest BCUT2D eigenvalue weighted by molar-refractivity contribution is -0.0417. The Morgan fingerprint density at radius 2 is 1.54 bits per heavy atom. The second-order valence-corrected chi connectivity index (χ2v) is 10.0. The molecule has 0 amide bonds. The second kappa shape index (κ2) is 7.62. The van der Waals surface area contributed by atoms with Crippen molar-refractivity contribution in [1.29, 1.82) is 0 Å². The number of hydrogen-bond acceptors (Lipinski definition) is 3. The van der Waals surface area contributed by atoms with Gasteiger partial charge in [0.1, 0.15) is 6.10 Å². The molecular formula is C20H26O3Si. The summed E-state index contributed by atoms with van der Waals surface area (Å²) in [5.74, 6) is 0. The molecule has 24 heavy (non-hydrogen) atoms. The van der Waals surface area contributed by atoms with E-state index in [1.807, 2.05) is 19.1 Å². The van der Waals surface area contributed by atoms with E-state index in [-0.39, 0.29) is 12.2 Å². The second-order valence-electron chi connectivity index (χ2n) is 6.48. The quantitative estimate of drug-likeness (QED) is 0.456. The number of rotatable bonds is 8. The molecule has 3 atom stereocenters. The summed E-state index contributed by atoms with van der Waals surface area (Å²) in [7, 11) is -2.51. The largest absolute Gasteiger partial charge is 0.381 e. The Kier molecular flexibility index (Phi) is 5.51. The molecule has 1 fully saturated rings. The van der Waals surface area contributed by atoms with Crippen molar-refractivity contribution in [3.63, 3.8) is 0 Å². The Hall–Kier alpha value is -1.46. The van der Waals surface area contributed by atoms with Crippen molar-refractivity contribution in [2.24, 2.45) is 0 Å². The zero-order valence-electron chi connectivity index (χ0n) is 14.4. The highest BCUT2D eigenvalue weighted by atomic mass is 28.4. The molecule has 3 unspecified atom stereocenters. The summed E-state index contributed by atoms with van der Waals surface area (Å²) in [4.78, 5) is 0. The minimum atomic E-state index is -2.51. The van der Waals surface area contributed by atoms with Gasteiger partial charge >= 0.3 is 0 Å². The number of epoxide rings is 1. The van der Waals surface area contributed by atoms with Crippen LogP contribution in [0.4, 0.5) is 0 Å². The van der Waals surface area contributed by atoms with Crippen molar-refractivity contribution in [2.75, 3.05) is 0 Å². The summed E-state index contributed by atoms with van der Waals surface area (Å²) in [6, 6.07) is 21.8. The standard InChI is InChI=1S/C20H26O3Si/c1-3-4-15-24(17-11-7-5-8-12-17,18-13-9-6-10-14-18)23-20(21)19-16(2)22-19/h5-14,16,19-21H,3-4,15H2,1-2H3. The molecule has 3 rings (SSSR count). The molecule has 1 heterocycles. The molecular weight excluding hydrogens is 316 g/mol. The predicted octanol–water partition coefficient (Wildman–Crippen LogP) is 2.67. The van der Waals surface area contributed by atoms with Gasteiger partial charge in [-0.1, -0.05) is 80.4 Å². The van der Waals surface area contributed by atoms with Gasteiger partial charge in [0.05, 0.1) is 6.10 Å². The Balaban J connectivity index is 2.02. The molecule has 1 aliphatic heterocycles. The maximum absolute atomic E-state index is 10.6. The molecule has 128 valence electrons. The summed E-state index contributed by atoms with van der Waals surface area (Å²) in [6.45, 7) is 4.16. The average molecular weight is 343 g/mol. The van der Waals surface area contributed by atoms with Crippen LogP contribution < -0.4 is 10.4 Å². The van der Waals surface area contributed by atoms with Crippen molar-refractivity contribution in [3.05, 3.63) is 60.7 Å². The van der Waals surface area contributed by atoms with Crippen LogP contribution in [0.5, 0.6) is 0 Å². The first kappa shape index (κ1) is 17.4. The van der Waals surface area contributed by atoms with E-state index < -0.39 is 14.6 Å². The fraction of sp³-hybridized carbons (Fsp3) is 0.400. The third kappa shape index (κ3) is 3.62. The lowest BCUT2D eigenvalue weighted by atomic mass is 10.3. The third-order valence-corrected chi connectivity index (χ3v) is 8.96. The Bertz CT molecular complexity index is 592. The number of benzene rings is 2. The van der Waals surface area contributed by atoms with Gasteiger partial charge in [0, 0.05) is 0 Å². The van der Waals surface area contributed by atoms with Gasteiger partial charge in [-0.3, -0.25) is 0 Å². The van der Waals surface area contributed by atoms with Gasteiger partial charge < -0.3 is 14.3 Å². The van der Waals surface area contributed by atoms with Gasteiger partial charge in [-0.25, -0.2) is 0 Å². The average Bonchev–Trinajstić information content (AvgIpc) is 3.37. The van der Waals surface area contributed by atoms with Gasteiger partial charge in [-0.2, -0.15) is 0 Å². The van der Waals surface area contributed by atoms with Crippen molar-refractivity contribution >= 4 is 18.7 Å². The Morgan fingerprint density at radius 1 is 1.04 bits per heavy atom. The van der Waals surface area contributed by atoms with Crippen LogP contribution in [0.3, 0.4) is 0 Å². The molecule has 0 aromatic heterocycles. The normalized spacial score (nSPS) is 21.5. The Morgan fingerprint density at radius 3 is 1.96 bits per heavy atom. The molecule has 0 radical (unpaired) electrons. The van der Waals surface area contributed by atoms with Crippen LogP contribution in [-0.2, 0) is 9.16 Å². The lowest BCUT2D eigenvalue weighted by Gasteiger charge is -2.34. The molecule has 4 heteroatoms. The lowest BCUT2D eigenvalue weighted by Crippen LogP contribution is -2.62. The molecule has 0 spiro atoms. The fourth-order valence-corrected chi connectivity index (χ4v) is 7.43. The molecule has 1 N–H and O–H groups in total. The van der Waals surface area contributed by atoms with E-state index in [9.17, 15) is 5.11 Å². The first-order chi connectivity index (χ1) is 11.7. The van der Waals surface area contributed by atoms with Crippen LogP contribution in [0.15, 0.2) is 60.7 Å². The maximum atomic E-state index is 10.6. The number of aliphatic hydroxyl groups is 1. The fourth-order valence-electron chi connectivity index (χ4n) is 3.27. The van der Waals surface area contributed by atoms with Crippen molar-refractivity contribution in [1.82, 2.24) is 0 Å². The van der Waals surface area contributed by atoms with Crippen LogP contribution >= 0.6 is 0 Å². The van der Waals surface area contributed by atoms with Gasteiger partial charge in [-0.15, -0.1) is 0 Å². The summed E-state index contributed by atoms with van der Waals surface area (Å²) in [5, 5.41) is 13.0. The maximum Gasteiger partial charge on any atom is 0.259 e. The smallest absolute Gasteiger partial charge is 0.259 e. The van der Waals surface area contributed by atoms with Crippen LogP contribution in [0.2, 0.25) is 6.04 Å². The molecule has 0 saturated carbocycles. The van der Waals surface area contributed by atoms with Gasteiger partial charge in [0.15, 0.2) is 6.29 Å². The highest BCUT2D eigenvalue weighted by Crippen LogP contribution is 2.28. The van der Waals surface area contributed by atoms with Crippen LogP contribution in [0.25, 0.3) is 0 Å². The zero-order valence-corrected chi connectivity index (χ0v) is 15.4. The zero-order chi connectivity index (χ0) is 17.0. The molecule has 0 bridgehead atoms. The van der Waals surface area contributed by atoms with Gasteiger partial charge in [-0.05, 0) is 23.3 Å². The van der Waals surface area contributed by atoms with Crippen molar-refractivity contribution in [3.8, 4) is 0 Å². The summed E-state index contributed by atoms with van der Waals surface area (Å²) < 4.78 is 11.9. The van der Waals surface area contributed by atoms with E-state index in [0.29, 0.717) is 0 Å². The van der Waals surface area contributed by atoms with Crippen molar-refractivity contribution in [2.45, 2.75) is 51.2 Å². The molecule has 0 aliphatic carbocycles. The van der Waals surface area contributed by atoms with E-state index in [1.54, 1.807) is 0 Å². The van der Waals surface area contributed by atoms with E-state index in [4.69, 9.17) is 9.16 Å². The minimum absolute atomic E-state index is 0.0735. The van der Waals surface area contributed by atoms with E-state index in [2.05, 4.69) is 55.5 Å². The highest BCUT2D eigenvalue weighted by Gasteiger charge is 2.48. The van der Waals surface area contributed by atoms with E-state index in [0.717, 1.165) is 18.9 Å². The van der Waals surface area contributed by atoms with E-state index in [1.165, 1.54) is 10.4 Å². The van der Waals surface area contributed by atoms with Gasteiger partial charge in [0.25, 0.3) is 8.32 Å². The third-order valence-electron chi connectivity index (χ3n) is 4.72. The first-order valence-electron chi connectivity index (χ1n) is 8.80. The summed E-state index contributed by atoms with van der Waals surface area (Å²) in [5.41, 5.74) is 0. The number of hydrogen-bond donors (Lipinski definition) is 1. The summed E-state index contributed by atoms with van der Waals surface area (Å²) >= 11 is 0. The molecule has 3 nitrogen and oxygen atoms in total. The molecule has 2 aromatic carbocycles. The Labute approximate surface area is 145 Å². The predicted molar refractivity (Wildman–Crippen MR) is 99.0 cm³/mol. The summed E-state index contributed by atoms with van der Waals surface area (Å²) in [6.07, 6.45) is 1.17. The molecule has 2 aromatic rings. The van der Waals surface area contributed by atoms with Crippen LogP contribution in [0.1, 0.15) is 26.7 Å². The van der Waals surface area contributed by atoms with Crippen molar-refractivity contribution < 1.29 is 14.3 Å².